The fourth-order valence-electron chi connectivity index (χ4n) is 2.15. The molecular weight excluding hydrogens is 384 g/mol. The van der Waals surface area contributed by atoms with Gasteiger partial charge in [0.1, 0.15) is 4.88 Å². The summed E-state index contributed by atoms with van der Waals surface area (Å²) in [6, 6.07) is 10.7. The molecule has 1 aromatic carbocycles. The molecule has 0 atom stereocenters. The number of ether oxygens (including phenoxy) is 1. The molecule has 2 aromatic rings. The van der Waals surface area contributed by atoms with Crippen LogP contribution in [0, 0.1) is 0 Å². The van der Waals surface area contributed by atoms with E-state index in [4.69, 9.17) is 5.73 Å². The molecule has 0 spiro atoms. The van der Waals surface area contributed by atoms with Crippen molar-refractivity contribution in [3.05, 3.63) is 52.2 Å². The Bertz CT molecular complexity index is 778. The van der Waals surface area contributed by atoms with Gasteiger partial charge in [0.2, 0.25) is 10.0 Å². The second-order valence-corrected chi connectivity index (χ2v) is 7.95. The molecule has 1 heterocycles. The van der Waals surface area contributed by atoms with Gasteiger partial charge in [-0.1, -0.05) is 30.3 Å². The van der Waals surface area contributed by atoms with E-state index in [0.717, 1.165) is 16.9 Å². The SMILES string of the molecule is COC(=O)c1cc(S(=O)(=O)N(CCCN)Cc2ccccc2)cs1.Cl. The Hall–Kier alpha value is -1.45. The Balaban J connectivity index is 0.00000312. The molecule has 0 aliphatic carbocycles. The molecule has 0 unspecified atom stereocenters. The van der Waals surface area contributed by atoms with Gasteiger partial charge in [0.15, 0.2) is 0 Å². The van der Waals surface area contributed by atoms with Crippen LogP contribution in [0.3, 0.4) is 0 Å². The maximum atomic E-state index is 12.9. The van der Waals surface area contributed by atoms with Crippen molar-refractivity contribution in [1.82, 2.24) is 4.31 Å². The third kappa shape index (κ3) is 5.52. The van der Waals surface area contributed by atoms with Gasteiger partial charge < -0.3 is 10.5 Å². The second kappa shape index (κ2) is 9.88. The van der Waals surface area contributed by atoms with Crippen LogP contribution in [0.5, 0.6) is 0 Å². The number of hydrogen-bond donors (Lipinski definition) is 1. The summed E-state index contributed by atoms with van der Waals surface area (Å²) in [5.74, 6) is -0.544. The van der Waals surface area contributed by atoms with Crippen molar-refractivity contribution in [3.63, 3.8) is 0 Å². The van der Waals surface area contributed by atoms with Gasteiger partial charge >= 0.3 is 5.97 Å². The quantitative estimate of drug-likeness (QED) is 0.682. The van der Waals surface area contributed by atoms with Gasteiger partial charge in [0.05, 0.1) is 12.0 Å². The minimum atomic E-state index is -3.71. The summed E-state index contributed by atoms with van der Waals surface area (Å²) >= 11 is 1.05. The Kier molecular flexibility index (Phi) is 8.54. The molecule has 25 heavy (non-hydrogen) atoms. The predicted octanol–water partition coefficient (Wildman–Crippen LogP) is 2.50. The third-order valence-electron chi connectivity index (χ3n) is 3.41. The molecule has 0 radical (unpaired) electrons. The molecule has 2 N–H and O–H groups in total. The Morgan fingerprint density at radius 1 is 1.28 bits per heavy atom. The summed E-state index contributed by atoms with van der Waals surface area (Å²) in [7, 11) is -2.45. The molecule has 0 saturated heterocycles. The van der Waals surface area contributed by atoms with Gasteiger partial charge in [-0.2, -0.15) is 4.31 Å². The first-order valence-corrected chi connectivity index (χ1v) is 9.72. The van der Waals surface area contributed by atoms with E-state index >= 15 is 0 Å². The van der Waals surface area contributed by atoms with E-state index in [1.807, 2.05) is 30.3 Å². The highest BCUT2D eigenvalue weighted by Gasteiger charge is 2.26. The van der Waals surface area contributed by atoms with Gasteiger partial charge in [-0.25, -0.2) is 13.2 Å². The molecule has 6 nitrogen and oxygen atoms in total. The van der Waals surface area contributed by atoms with Gasteiger partial charge in [0.25, 0.3) is 0 Å². The fourth-order valence-corrected chi connectivity index (χ4v) is 4.79. The molecule has 2 rings (SSSR count). The minimum Gasteiger partial charge on any atom is -0.465 e. The molecule has 9 heteroatoms. The summed E-state index contributed by atoms with van der Waals surface area (Å²) in [5, 5.41) is 1.46. The first kappa shape index (κ1) is 21.6. The van der Waals surface area contributed by atoms with Crippen LogP contribution < -0.4 is 5.73 Å². The molecular formula is C16H21ClN2O4S2. The number of rotatable bonds is 8. The van der Waals surface area contributed by atoms with Crippen molar-refractivity contribution in [1.29, 1.82) is 0 Å². The maximum Gasteiger partial charge on any atom is 0.348 e. The number of methoxy groups -OCH3 is 1. The van der Waals surface area contributed by atoms with Crippen LogP contribution in [0.15, 0.2) is 46.7 Å². The molecule has 0 amide bonds. The minimum absolute atomic E-state index is 0. The van der Waals surface area contributed by atoms with Crippen LogP contribution in [0.4, 0.5) is 0 Å². The van der Waals surface area contributed by atoms with E-state index in [-0.39, 0.29) is 28.7 Å². The van der Waals surface area contributed by atoms with Crippen molar-refractivity contribution in [2.24, 2.45) is 5.73 Å². The zero-order chi connectivity index (χ0) is 17.6. The van der Waals surface area contributed by atoms with Gasteiger partial charge in [-0.15, -0.1) is 23.7 Å². The summed E-state index contributed by atoms with van der Waals surface area (Å²) in [6.45, 7) is 0.974. The summed E-state index contributed by atoms with van der Waals surface area (Å²) < 4.78 is 31.8. The van der Waals surface area contributed by atoms with Crippen molar-refractivity contribution in [2.75, 3.05) is 20.2 Å². The smallest absolute Gasteiger partial charge is 0.348 e. The highest BCUT2D eigenvalue weighted by atomic mass is 35.5. The molecule has 0 aliphatic heterocycles. The number of benzene rings is 1. The van der Waals surface area contributed by atoms with Crippen molar-refractivity contribution >= 4 is 39.7 Å². The summed E-state index contributed by atoms with van der Waals surface area (Å²) in [5.41, 5.74) is 6.42. The monoisotopic (exact) mass is 404 g/mol. The van der Waals surface area contributed by atoms with Crippen LogP contribution in [0.25, 0.3) is 0 Å². The maximum absolute atomic E-state index is 12.9. The second-order valence-electron chi connectivity index (χ2n) is 5.10. The average Bonchev–Trinajstić information content (AvgIpc) is 3.09. The highest BCUT2D eigenvalue weighted by Crippen LogP contribution is 2.24. The highest BCUT2D eigenvalue weighted by molar-refractivity contribution is 7.89. The van der Waals surface area contributed by atoms with Crippen LogP contribution in [-0.2, 0) is 21.3 Å². The Morgan fingerprint density at radius 2 is 1.96 bits per heavy atom. The Labute approximate surface area is 158 Å². The number of halogens is 1. The van der Waals surface area contributed by atoms with Crippen LogP contribution in [0.1, 0.15) is 21.7 Å². The lowest BCUT2D eigenvalue weighted by molar-refractivity contribution is 0.0606. The van der Waals surface area contributed by atoms with Crippen LogP contribution in [-0.4, -0.2) is 38.9 Å². The first-order chi connectivity index (χ1) is 11.5. The van der Waals surface area contributed by atoms with Crippen molar-refractivity contribution < 1.29 is 17.9 Å². The molecule has 0 saturated carbocycles. The lowest BCUT2D eigenvalue weighted by atomic mass is 10.2. The predicted molar refractivity (Wildman–Crippen MR) is 101 cm³/mol. The number of carbonyl (C=O) groups is 1. The number of thiophene rings is 1. The van der Waals surface area contributed by atoms with E-state index < -0.39 is 16.0 Å². The zero-order valence-electron chi connectivity index (χ0n) is 13.8. The molecule has 0 aliphatic rings. The largest absolute Gasteiger partial charge is 0.465 e. The number of nitrogens with zero attached hydrogens (tertiary/aromatic N) is 1. The topological polar surface area (TPSA) is 89.7 Å². The number of esters is 1. The third-order valence-corrected chi connectivity index (χ3v) is 6.30. The van der Waals surface area contributed by atoms with Gasteiger partial charge in [0, 0.05) is 18.5 Å². The zero-order valence-corrected chi connectivity index (χ0v) is 16.2. The standard InChI is InChI=1S/C16H20N2O4S2.ClH/c1-22-16(19)15-10-14(12-23-15)24(20,21)18(9-5-8-17)11-13-6-3-2-4-7-13;/h2-4,6-7,10,12H,5,8-9,11,17H2,1H3;1H. The van der Waals surface area contributed by atoms with E-state index in [9.17, 15) is 13.2 Å². The van der Waals surface area contributed by atoms with E-state index in [0.29, 0.717) is 19.5 Å². The number of hydrogen-bond acceptors (Lipinski definition) is 6. The Morgan fingerprint density at radius 3 is 2.56 bits per heavy atom. The van der Waals surface area contributed by atoms with E-state index in [1.54, 1.807) is 0 Å². The van der Waals surface area contributed by atoms with Gasteiger partial charge in [-0.3, -0.25) is 0 Å². The summed E-state index contributed by atoms with van der Waals surface area (Å²) in [4.78, 5) is 11.9. The molecule has 0 fully saturated rings. The van der Waals surface area contributed by atoms with Gasteiger partial charge in [-0.05, 0) is 24.6 Å². The molecule has 1 aromatic heterocycles. The van der Waals surface area contributed by atoms with E-state index in [1.165, 1.54) is 22.9 Å². The molecule has 138 valence electrons. The number of sulfonamides is 1. The average molecular weight is 405 g/mol. The van der Waals surface area contributed by atoms with Crippen LogP contribution >= 0.6 is 23.7 Å². The molecule has 0 bridgehead atoms. The lowest BCUT2D eigenvalue weighted by Gasteiger charge is -2.21. The number of carbonyl (C=O) groups excluding carboxylic acids is 1. The van der Waals surface area contributed by atoms with E-state index in [2.05, 4.69) is 4.74 Å². The van der Waals surface area contributed by atoms with Crippen molar-refractivity contribution in [3.8, 4) is 0 Å². The lowest BCUT2D eigenvalue weighted by Crippen LogP contribution is -2.32. The fraction of sp³-hybridized carbons (Fsp3) is 0.312. The first-order valence-electron chi connectivity index (χ1n) is 7.40. The normalized spacial score (nSPS) is 11.2. The summed E-state index contributed by atoms with van der Waals surface area (Å²) in [6.07, 6.45) is 0.556. The number of nitrogens with two attached hydrogens (primary N) is 1. The van der Waals surface area contributed by atoms with Crippen LogP contribution in [0.2, 0.25) is 0 Å². The van der Waals surface area contributed by atoms with Crippen molar-refractivity contribution in [2.45, 2.75) is 17.9 Å².